The molecule has 0 saturated heterocycles. The van der Waals surface area contributed by atoms with Crippen molar-refractivity contribution in [1.29, 1.82) is 0 Å². The predicted molar refractivity (Wildman–Crippen MR) is 58.3 cm³/mol. The Morgan fingerprint density at radius 1 is 1.15 bits per heavy atom. The van der Waals surface area contributed by atoms with Crippen LogP contribution in [0.2, 0.25) is 15.1 Å². The molecule has 0 fully saturated rings. The van der Waals surface area contributed by atoms with Crippen molar-refractivity contribution in [3.05, 3.63) is 26.7 Å². The van der Waals surface area contributed by atoms with E-state index in [9.17, 15) is 0 Å². The van der Waals surface area contributed by atoms with Crippen molar-refractivity contribution >= 4 is 40.5 Å². The zero-order valence-electron chi connectivity index (χ0n) is 6.83. The second-order valence-electron chi connectivity index (χ2n) is 3.04. The van der Waals surface area contributed by atoms with Gasteiger partial charge in [-0.3, -0.25) is 0 Å². The molecule has 0 bridgehead atoms. The Bertz CT molecular complexity index is 349. The van der Waals surface area contributed by atoms with E-state index in [2.05, 4.69) is 5.32 Å². The SMILES string of the molecule is Clc1cc2c(c(Cl)c1Cl)CCCN2. The molecule has 1 N–H and O–H groups in total. The van der Waals surface area contributed by atoms with Crippen molar-refractivity contribution in [1.82, 2.24) is 0 Å². The van der Waals surface area contributed by atoms with Crippen LogP contribution in [0.15, 0.2) is 6.07 Å². The molecule has 0 aliphatic carbocycles. The standard InChI is InChI=1S/C9H8Cl3N/c10-6-4-7-5(2-1-3-13-7)8(11)9(6)12/h4,13H,1-3H2. The average molecular weight is 237 g/mol. The van der Waals surface area contributed by atoms with Gasteiger partial charge >= 0.3 is 0 Å². The first-order valence-electron chi connectivity index (χ1n) is 4.10. The fourth-order valence-corrected chi connectivity index (χ4v) is 2.24. The van der Waals surface area contributed by atoms with Crippen molar-refractivity contribution in [3.63, 3.8) is 0 Å². The Kier molecular flexibility index (Phi) is 2.59. The highest BCUT2D eigenvalue weighted by atomic mass is 35.5. The summed E-state index contributed by atoms with van der Waals surface area (Å²) < 4.78 is 0. The average Bonchev–Trinajstić information content (AvgIpc) is 2.15. The van der Waals surface area contributed by atoms with E-state index in [0.29, 0.717) is 15.1 Å². The van der Waals surface area contributed by atoms with E-state index in [1.165, 1.54) is 0 Å². The summed E-state index contributed by atoms with van der Waals surface area (Å²) in [6.07, 6.45) is 2.06. The van der Waals surface area contributed by atoms with Crippen molar-refractivity contribution < 1.29 is 0 Å². The molecule has 4 heteroatoms. The molecule has 1 heterocycles. The molecule has 0 spiro atoms. The lowest BCUT2D eigenvalue weighted by Crippen LogP contribution is -2.12. The largest absolute Gasteiger partial charge is 0.385 e. The minimum atomic E-state index is 0.464. The van der Waals surface area contributed by atoms with E-state index in [4.69, 9.17) is 34.8 Å². The first kappa shape index (κ1) is 9.45. The van der Waals surface area contributed by atoms with E-state index in [1.54, 1.807) is 0 Å². The fourth-order valence-electron chi connectivity index (χ4n) is 1.52. The molecule has 0 atom stereocenters. The maximum Gasteiger partial charge on any atom is 0.0782 e. The van der Waals surface area contributed by atoms with Crippen molar-refractivity contribution in [2.45, 2.75) is 12.8 Å². The third kappa shape index (κ3) is 1.61. The van der Waals surface area contributed by atoms with Gasteiger partial charge in [-0.25, -0.2) is 0 Å². The summed E-state index contributed by atoms with van der Waals surface area (Å²) in [5.74, 6) is 0. The van der Waals surface area contributed by atoms with Gasteiger partial charge in [0, 0.05) is 12.2 Å². The molecule has 1 aromatic rings. The minimum absolute atomic E-state index is 0.464. The third-order valence-corrected chi connectivity index (χ3v) is 3.48. The van der Waals surface area contributed by atoms with Gasteiger partial charge in [0.05, 0.1) is 15.1 Å². The normalized spacial score (nSPS) is 15.0. The highest BCUT2D eigenvalue weighted by molar-refractivity contribution is 6.48. The zero-order valence-corrected chi connectivity index (χ0v) is 9.10. The van der Waals surface area contributed by atoms with Crippen LogP contribution in [-0.4, -0.2) is 6.54 Å². The first-order chi connectivity index (χ1) is 6.20. The molecule has 0 unspecified atom stereocenters. The van der Waals surface area contributed by atoms with Crippen LogP contribution < -0.4 is 5.32 Å². The Balaban J connectivity index is 2.60. The highest BCUT2D eigenvalue weighted by Gasteiger charge is 2.16. The lowest BCUT2D eigenvalue weighted by atomic mass is 10.0. The van der Waals surface area contributed by atoms with E-state index >= 15 is 0 Å². The molecule has 0 aromatic heterocycles. The molecule has 0 saturated carbocycles. The maximum atomic E-state index is 6.06. The van der Waals surface area contributed by atoms with Gasteiger partial charge in [-0.1, -0.05) is 34.8 Å². The third-order valence-electron chi connectivity index (χ3n) is 2.18. The van der Waals surface area contributed by atoms with Gasteiger partial charge in [0.15, 0.2) is 0 Å². The zero-order chi connectivity index (χ0) is 9.42. The summed E-state index contributed by atoms with van der Waals surface area (Å²) in [5.41, 5.74) is 2.10. The summed E-state index contributed by atoms with van der Waals surface area (Å²) in [7, 11) is 0. The molecule has 2 rings (SSSR count). The van der Waals surface area contributed by atoms with Gasteiger partial charge in [0.2, 0.25) is 0 Å². The summed E-state index contributed by atoms with van der Waals surface area (Å²) in [5, 5.41) is 4.82. The Morgan fingerprint density at radius 3 is 2.69 bits per heavy atom. The number of fused-ring (bicyclic) bond motifs is 1. The van der Waals surface area contributed by atoms with Crippen LogP contribution in [0.25, 0.3) is 0 Å². The number of nitrogens with one attached hydrogen (secondary N) is 1. The van der Waals surface area contributed by atoms with Gasteiger partial charge < -0.3 is 5.32 Å². The van der Waals surface area contributed by atoms with Crippen LogP contribution >= 0.6 is 34.8 Å². The number of halogens is 3. The second kappa shape index (κ2) is 3.56. The lowest BCUT2D eigenvalue weighted by molar-refractivity contribution is 0.830. The summed E-state index contributed by atoms with van der Waals surface area (Å²) in [6, 6.07) is 1.84. The smallest absolute Gasteiger partial charge is 0.0782 e. The number of hydrogen-bond donors (Lipinski definition) is 1. The molecular formula is C9H8Cl3N. The topological polar surface area (TPSA) is 12.0 Å². The fraction of sp³-hybridized carbons (Fsp3) is 0.333. The highest BCUT2D eigenvalue weighted by Crippen LogP contribution is 2.39. The molecule has 13 heavy (non-hydrogen) atoms. The van der Waals surface area contributed by atoms with Gasteiger partial charge in [-0.15, -0.1) is 0 Å². The maximum absolute atomic E-state index is 6.06. The van der Waals surface area contributed by atoms with Gasteiger partial charge in [0.1, 0.15) is 0 Å². The van der Waals surface area contributed by atoms with Crippen LogP contribution in [0.4, 0.5) is 5.69 Å². The van der Waals surface area contributed by atoms with Crippen LogP contribution in [0.3, 0.4) is 0 Å². The predicted octanol–water partition coefficient (Wildman–Crippen LogP) is 4.00. The summed E-state index contributed by atoms with van der Waals surface area (Å²) in [4.78, 5) is 0. The Morgan fingerprint density at radius 2 is 1.92 bits per heavy atom. The van der Waals surface area contributed by atoms with Crippen molar-refractivity contribution in [3.8, 4) is 0 Å². The number of anilines is 1. The van der Waals surface area contributed by atoms with Crippen LogP contribution in [0, 0.1) is 0 Å². The Labute approximate surface area is 92.0 Å². The number of hydrogen-bond acceptors (Lipinski definition) is 1. The quantitative estimate of drug-likeness (QED) is 0.671. The molecule has 1 aliphatic rings. The van der Waals surface area contributed by atoms with Crippen LogP contribution in [-0.2, 0) is 6.42 Å². The molecule has 1 aromatic carbocycles. The number of rotatable bonds is 0. The minimum Gasteiger partial charge on any atom is -0.385 e. The van der Waals surface area contributed by atoms with E-state index in [0.717, 1.165) is 30.6 Å². The molecule has 1 aliphatic heterocycles. The first-order valence-corrected chi connectivity index (χ1v) is 5.24. The molecule has 0 amide bonds. The second-order valence-corrected chi connectivity index (χ2v) is 4.21. The van der Waals surface area contributed by atoms with Crippen LogP contribution in [0.5, 0.6) is 0 Å². The Hall–Kier alpha value is -0.110. The molecule has 0 radical (unpaired) electrons. The van der Waals surface area contributed by atoms with Gasteiger partial charge in [-0.05, 0) is 24.5 Å². The van der Waals surface area contributed by atoms with E-state index in [-0.39, 0.29) is 0 Å². The molecule has 70 valence electrons. The van der Waals surface area contributed by atoms with E-state index < -0.39 is 0 Å². The molecule has 1 nitrogen and oxygen atoms in total. The van der Waals surface area contributed by atoms with Crippen LogP contribution in [0.1, 0.15) is 12.0 Å². The van der Waals surface area contributed by atoms with Crippen molar-refractivity contribution in [2.24, 2.45) is 0 Å². The van der Waals surface area contributed by atoms with Gasteiger partial charge in [-0.2, -0.15) is 0 Å². The monoisotopic (exact) mass is 235 g/mol. The van der Waals surface area contributed by atoms with Gasteiger partial charge in [0.25, 0.3) is 0 Å². The van der Waals surface area contributed by atoms with E-state index in [1.807, 2.05) is 6.07 Å². The van der Waals surface area contributed by atoms with Crippen molar-refractivity contribution in [2.75, 3.05) is 11.9 Å². The summed E-state index contributed by atoms with van der Waals surface area (Å²) >= 11 is 17.9. The molecular weight excluding hydrogens is 228 g/mol. The lowest BCUT2D eigenvalue weighted by Gasteiger charge is -2.20. The summed E-state index contributed by atoms with van der Waals surface area (Å²) in [6.45, 7) is 0.974. The number of benzene rings is 1.